The molecule has 11 rings (SSSR count). The zero-order valence-electron chi connectivity index (χ0n) is 33.6. The van der Waals surface area contributed by atoms with Gasteiger partial charge in [-0.05, 0) is 148 Å². The van der Waals surface area contributed by atoms with E-state index in [1.807, 2.05) is 0 Å². The molecule has 0 aromatic heterocycles. The summed E-state index contributed by atoms with van der Waals surface area (Å²) >= 11 is 0. The molecule has 0 amide bonds. The number of anilines is 3. The second kappa shape index (κ2) is 13.9. The summed E-state index contributed by atoms with van der Waals surface area (Å²) in [5.41, 5.74) is 17.1. The van der Waals surface area contributed by atoms with Gasteiger partial charge in [-0.15, -0.1) is 0 Å². The van der Waals surface area contributed by atoms with Crippen molar-refractivity contribution in [1.29, 1.82) is 0 Å². The summed E-state index contributed by atoms with van der Waals surface area (Å²) in [4.78, 5) is 2.63. The molecule has 1 heteroatoms. The normalized spacial score (nSPS) is 20.8. The highest BCUT2D eigenvalue weighted by Crippen LogP contribution is 2.56. The molecule has 3 atom stereocenters. The molecule has 0 radical (unpaired) electrons. The standard InChI is InChI=1S/C56H53N/c1-56(2)52-22-12-11-21-47(52)50-35-51(46-20-10-9-19-45(46)39-16-7-4-8-17-39)55(36-53(50)56)57(44-30-28-41(29-31-44)48-33-37-24-25-43(48)32-37)54-23-13-18-40-26-27-42(34-49(40)54)38-14-5-3-6-15-38/h4,7-13,16-23,26-31,34-38,43,48H,3,5-6,14-15,24-25,32-33H2,1-2H3. The molecule has 3 saturated carbocycles. The van der Waals surface area contributed by atoms with E-state index in [1.54, 1.807) is 0 Å². The largest absolute Gasteiger partial charge is 0.309 e. The van der Waals surface area contributed by atoms with Crippen LogP contribution in [0, 0.1) is 11.8 Å². The fraction of sp³-hybridized carbons (Fsp3) is 0.286. The second-order valence-corrected chi connectivity index (χ2v) is 18.3. The van der Waals surface area contributed by atoms with Crippen LogP contribution in [0.4, 0.5) is 17.1 Å². The highest BCUT2D eigenvalue weighted by Gasteiger charge is 2.40. The van der Waals surface area contributed by atoms with Crippen LogP contribution in [-0.4, -0.2) is 0 Å². The van der Waals surface area contributed by atoms with Crippen LogP contribution in [0.15, 0.2) is 152 Å². The second-order valence-electron chi connectivity index (χ2n) is 18.3. The molecular weight excluding hydrogens is 687 g/mol. The number of rotatable bonds is 7. The van der Waals surface area contributed by atoms with Gasteiger partial charge in [0.25, 0.3) is 0 Å². The predicted octanol–water partition coefficient (Wildman–Crippen LogP) is 15.9. The third-order valence-electron chi connectivity index (χ3n) is 14.8. The maximum Gasteiger partial charge on any atom is 0.0544 e. The van der Waals surface area contributed by atoms with E-state index in [-0.39, 0.29) is 5.41 Å². The molecular formula is C56H53N. The molecule has 0 aliphatic heterocycles. The SMILES string of the molecule is CC1(C)c2ccccc2-c2cc(-c3ccccc3-c3ccccc3)c(N(c3ccc(C4CC5CCC4C5)cc3)c3cccc4ccc(C5CCCCC5)cc34)cc21. The van der Waals surface area contributed by atoms with E-state index in [0.29, 0.717) is 11.8 Å². The van der Waals surface area contributed by atoms with E-state index >= 15 is 0 Å². The Balaban J connectivity index is 1.18. The van der Waals surface area contributed by atoms with Crippen molar-refractivity contribution < 1.29 is 0 Å². The Bertz CT molecular complexity index is 2610. The molecule has 0 spiro atoms. The minimum atomic E-state index is -0.137. The Morgan fingerprint density at radius 3 is 2.00 bits per heavy atom. The van der Waals surface area contributed by atoms with E-state index < -0.39 is 0 Å². The van der Waals surface area contributed by atoms with E-state index in [4.69, 9.17) is 0 Å². The molecule has 3 unspecified atom stereocenters. The zero-order valence-corrected chi connectivity index (χ0v) is 33.6. The van der Waals surface area contributed by atoms with Crippen LogP contribution < -0.4 is 4.90 Å². The Morgan fingerprint density at radius 2 is 1.23 bits per heavy atom. The average Bonchev–Trinajstić information content (AvgIpc) is 3.97. The maximum atomic E-state index is 2.63. The lowest BCUT2D eigenvalue weighted by Gasteiger charge is -2.32. The van der Waals surface area contributed by atoms with Gasteiger partial charge in [0, 0.05) is 22.1 Å². The van der Waals surface area contributed by atoms with Crippen molar-refractivity contribution >= 4 is 27.8 Å². The maximum absolute atomic E-state index is 2.63. The Hall–Kier alpha value is -5.40. The minimum absolute atomic E-state index is 0.137. The van der Waals surface area contributed by atoms with Gasteiger partial charge in [0.05, 0.1) is 11.4 Å². The van der Waals surface area contributed by atoms with Gasteiger partial charge in [-0.3, -0.25) is 0 Å². The van der Waals surface area contributed by atoms with Crippen LogP contribution in [-0.2, 0) is 5.41 Å². The Morgan fingerprint density at radius 1 is 0.491 bits per heavy atom. The average molecular weight is 740 g/mol. The van der Waals surface area contributed by atoms with Gasteiger partial charge < -0.3 is 4.90 Å². The third-order valence-corrected chi connectivity index (χ3v) is 14.8. The Kier molecular flexibility index (Phi) is 8.50. The van der Waals surface area contributed by atoms with Gasteiger partial charge in [-0.25, -0.2) is 0 Å². The third kappa shape index (κ3) is 5.88. The van der Waals surface area contributed by atoms with Crippen LogP contribution in [0.3, 0.4) is 0 Å². The fourth-order valence-corrected chi connectivity index (χ4v) is 11.8. The van der Waals surface area contributed by atoms with E-state index in [9.17, 15) is 0 Å². The van der Waals surface area contributed by atoms with E-state index in [2.05, 4.69) is 170 Å². The molecule has 0 saturated heterocycles. The van der Waals surface area contributed by atoms with Crippen molar-refractivity contribution in [2.45, 2.75) is 88.9 Å². The van der Waals surface area contributed by atoms with Gasteiger partial charge in [-0.2, -0.15) is 0 Å². The van der Waals surface area contributed by atoms with Crippen LogP contribution in [0.5, 0.6) is 0 Å². The molecule has 7 aromatic carbocycles. The summed E-state index contributed by atoms with van der Waals surface area (Å²) in [6.07, 6.45) is 12.3. The number of nitrogens with zero attached hydrogens (tertiary/aromatic N) is 1. The summed E-state index contributed by atoms with van der Waals surface area (Å²) in [5.74, 6) is 3.12. The van der Waals surface area contributed by atoms with Gasteiger partial charge in [0.2, 0.25) is 0 Å². The molecule has 1 nitrogen and oxygen atoms in total. The van der Waals surface area contributed by atoms with Crippen molar-refractivity contribution in [3.63, 3.8) is 0 Å². The first kappa shape index (κ1) is 34.8. The first-order valence-corrected chi connectivity index (χ1v) is 21.9. The van der Waals surface area contributed by atoms with Crippen molar-refractivity contribution in [2.24, 2.45) is 11.8 Å². The van der Waals surface area contributed by atoms with E-state index in [1.165, 1.54) is 141 Å². The molecule has 2 bridgehead atoms. The lowest BCUT2D eigenvalue weighted by Crippen LogP contribution is -2.17. The van der Waals surface area contributed by atoms with Crippen LogP contribution in [0.1, 0.15) is 106 Å². The lowest BCUT2D eigenvalue weighted by atomic mass is 9.81. The first-order valence-electron chi connectivity index (χ1n) is 21.9. The molecule has 4 aliphatic rings. The zero-order chi connectivity index (χ0) is 38.1. The van der Waals surface area contributed by atoms with Gasteiger partial charge in [-0.1, -0.05) is 155 Å². The summed E-state index contributed by atoms with van der Waals surface area (Å²) in [6.45, 7) is 4.84. The molecule has 4 aliphatic carbocycles. The summed E-state index contributed by atoms with van der Waals surface area (Å²) in [6, 6.07) is 58.5. The Labute approximate surface area is 339 Å². The highest BCUT2D eigenvalue weighted by atomic mass is 15.1. The molecule has 0 heterocycles. The van der Waals surface area contributed by atoms with Crippen molar-refractivity contribution in [3.05, 3.63) is 174 Å². The molecule has 0 N–H and O–H groups in total. The van der Waals surface area contributed by atoms with Gasteiger partial charge >= 0.3 is 0 Å². The monoisotopic (exact) mass is 739 g/mol. The molecule has 3 fully saturated rings. The quantitative estimate of drug-likeness (QED) is 0.157. The fourth-order valence-electron chi connectivity index (χ4n) is 11.8. The van der Waals surface area contributed by atoms with Gasteiger partial charge in [0.15, 0.2) is 0 Å². The van der Waals surface area contributed by atoms with E-state index in [0.717, 1.165) is 11.8 Å². The summed E-state index contributed by atoms with van der Waals surface area (Å²) in [7, 11) is 0. The summed E-state index contributed by atoms with van der Waals surface area (Å²) < 4.78 is 0. The predicted molar refractivity (Wildman–Crippen MR) is 241 cm³/mol. The number of hydrogen-bond donors (Lipinski definition) is 0. The molecule has 7 aromatic rings. The first-order chi connectivity index (χ1) is 28.0. The molecule has 57 heavy (non-hydrogen) atoms. The van der Waals surface area contributed by atoms with Crippen molar-refractivity contribution in [2.75, 3.05) is 4.90 Å². The topological polar surface area (TPSA) is 3.24 Å². The van der Waals surface area contributed by atoms with Crippen LogP contribution >= 0.6 is 0 Å². The number of hydrogen-bond acceptors (Lipinski definition) is 1. The number of fused-ring (bicyclic) bond motifs is 6. The van der Waals surface area contributed by atoms with Crippen molar-refractivity contribution in [3.8, 4) is 33.4 Å². The summed E-state index contributed by atoms with van der Waals surface area (Å²) in [5, 5.41) is 2.64. The van der Waals surface area contributed by atoms with Crippen LogP contribution in [0.25, 0.3) is 44.2 Å². The van der Waals surface area contributed by atoms with Gasteiger partial charge in [0.1, 0.15) is 0 Å². The highest BCUT2D eigenvalue weighted by molar-refractivity contribution is 6.04. The van der Waals surface area contributed by atoms with Crippen molar-refractivity contribution in [1.82, 2.24) is 0 Å². The minimum Gasteiger partial charge on any atom is -0.309 e. The number of benzene rings is 7. The lowest BCUT2D eigenvalue weighted by molar-refractivity contribution is 0.420. The van der Waals surface area contributed by atoms with Crippen LogP contribution in [0.2, 0.25) is 0 Å². The molecule has 282 valence electrons. The smallest absolute Gasteiger partial charge is 0.0544 e.